The Kier molecular flexibility index (Phi) is 5.25. The normalized spacial score (nSPS) is 19.5. The molecule has 1 heterocycles. The predicted molar refractivity (Wildman–Crippen MR) is 57.9 cm³/mol. The van der Waals surface area contributed by atoms with Crippen LogP contribution >= 0.6 is 0 Å². The topological polar surface area (TPSA) is 55.8 Å². The minimum atomic E-state index is -0.293. The molecule has 1 saturated heterocycles. The zero-order valence-corrected chi connectivity index (χ0v) is 9.90. The van der Waals surface area contributed by atoms with Crippen LogP contribution in [0.2, 0.25) is 0 Å². The highest BCUT2D eigenvalue weighted by molar-refractivity contribution is 5.75. The molecule has 0 aromatic carbocycles. The van der Waals surface area contributed by atoms with Crippen molar-refractivity contribution in [2.45, 2.75) is 32.3 Å². The maximum Gasteiger partial charge on any atom is 0.307 e. The van der Waals surface area contributed by atoms with Crippen molar-refractivity contribution in [2.75, 3.05) is 26.8 Å². The molecule has 0 aromatic rings. The van der Waals surface area contributed by atoms with Crippen LogP contribution in [0.15, 0.2) is 0 Å². The monoisotopic (exact) mass is 229 g/mol. The van der Waals surface area contributed by atoms with Crippen LogP contribution in [0.3, 0.4) is 0 Å². The number of rotatable bonds is 5. The zero-order chi connectivity index (χ0) is 12.0. The summed E-state index contributed by atoms with van der Waals surface area (Å²) in [4.78, 5) is 24.0. The Labute approximate surface area is 95.7 Å². The third-order valence-electron chi connectivity index (χ3n) is 2.71. The maximum atomic E-state index is 11.4. The van der Waals surface area contributed by atoms with Gasteiger partial charge in [0.25, 0.3) is 0 Å². The van der Waals surface area contributed by atoms with Crippen molar-refractivity contribution in [1.82, 2.24) is 4.90 Å². The van der Waals surface area contributed by atoms with Crippen molar-refractivity contribution in [2.24, 2.45) is 0 Å². The lowest BCUT2D eigenvalue weighted by Gasteiger charge is -2.23. The minimum absolute atomic E-state index is 0.0283. The van der Waals surface area contributed by atoms with Crippen molar-refractivity contribution in [3.8, 4) is 0 Å². The molecule has 0 N–H and O–H groups in total. The van der Waals surface area contributed by atoms with Crippen LogP contribution in [0, 0.1) is 0 Å². The molecular formula is C11H19NO4. The third kappa shape index (κ3) is 4.18. The van der Waals surface area contributed by atoms with Gasteiger partial charge in [0.2, 0.25) is 5.91 Å². The Balaban J connectivity index is 2.34. The molecule has 1 unspecified atom stereocenters. The summed E-state index contributed by atoms with van der Waals surface area (Å²) in [5, 5.41) is 0. The molecule has 5 nitrogen and oxygen atoms in total. The fourth-order valence-corrected chi connectivity index (χ4v) is 1.74. The second-order valence-electron chi connectivity index (χ2n) is 3.93. The van der Waals surface area contributed by atoms with Gasteiger partial charge in [-0.3, -0.25) is 9.59 Å². The molecule has 16 heavy (non-hydrogen) atoms. The van der Waals surface area contributed by atoms with Crippen LogP contribution in [0.4, 0.5) is 0 Å². The Bertz CT molecular complexity index is 248. The second kappa shape index (κ2) is 6.48. The van der Waals surface area contributed by atoms with Crippen molar-refractivity contribution in [3.05, 3.63) is 0 Å². The molecule has 0 saturated carbocycles. The lowest BCUT2D eigenvalue weighted by molar-refractivity contribution is -0.141. The van der Waals surface area contributed by atoms with E-state index in [-0.39, 0.29) is 24.4 Å². The zero-order valence-electron chi connectivity index (χ0n) is 9.90. The van der Waals surface area contributed by atoms with E-state index in [1.54, 1.807) is 4.90 Å². The molecule has 5 heteroatoms. The molecule has 1 aliphatic heterocycles. The summed E-state index contributed by atoms with van der Waals surface area (Å²) < 4.78 is 10.00. The Morgan fingerprint density at radius 1 is 1.50 bits per heavy atom. The van der Waals surface area contributed by atoms with E-state index in [9.17, 15) is 9.59 Å². The first-order valence-electron chi connectivity index (χ1n) is 5.57. The quantitative estimate of drug-likeness (QED) is 0.647. The van der Waals surface area contributed by atoms with Crippen molar-refractivity contribution >= 4 is 11.9 Å². The van der Waals surface area contributed by atoms with E-state index in [0.717, 1.165) is 19.4 Å². The third-order valence-corrected chi connectivity index (χ3v) is 2.71. The van der Waals surface area contributed by atoms with Gasteiger partial charge in [-0.05, 0) is 12.8 Å². The molecule has 1 amide bonds. The van der Waals surface area contributed by atoms with E-state index in [4.69, 9.17) is 4.74 Å². The predicted octanol–water partition coefficient (Wildman–Crippen LogP) is 0.577. The van der Waals surface area contributed by atoms with Gasteiger partial charge in [0.05, 0.1) is 19.6 Å². The summed E-state index contributed by atoms with van der Waals surface area (Å²) in [6.07, 6.45) is 2.40. The lowest BCUT2D eigenvalue weighted by Crippen LogP contribution is -2.37. The van der Waals surface area contributed by atoms with Crippen LogP contribution < -0.4 is 0 Å². The van der Waals surface area contributed by atoms with E-state index in [1.807, 2.05) is 0 Å². The standard InChI is InChI=1S/C11H19NO4/c1-9(13)12(6-5-11(14)15-2)8-10-4-3-7-16-10/h10H,3-8H2,1-2H3. The average molecular weight is 229 g/mol. The van der Waals surface area contributed by atoms with E-state index >= 15 is 0 Å². The van der Waals surface area contributed by atoms with Crippen LogP contribution in [-0.4, -0.2) is 49.7 Å². The van der Waals surface area contributed by atoms with Gasteiger partial charge < -0.3 is 14.4 Å². The molecular weight excluding hydrogens is 210 g/mol. The van der Waals surface area contributed by atoms with Crippen molar-refractivity contribution < 1.29 is 19.1 Å². The number of esters is 1. The highest BCUT2D eigenvalue weighted by Gasteiger charge is 2.21. The van der Waals surface area contributed by atoms with Gasteiger partial charge in [-0.2, -0.15) is 0 Å². The van der Waals surface area contributed by atoms with Crippen LogP contribution in [0.5, 0.6) is 0 Å². The van der Waals surface area contributed by atoms with Gasteiger partial charge in [-0.15, -0.1) is 0 Å². The first-order chi connectivity index (χ1) is 7.63. The van der Waals surface area contributed by atoms with Crippen molar-refractivity contribution in [3.63, 3.8) is 0 Å². The SMILES string of the molecule is COC(=O)CCN(CC1CCCO1)C(C)=O. The summed E-state index contributed by atoms with van der Waals surface area (Å²) >= 11 is 0. The lowest BCUT2D eigenvalue weighted by atomic mass is 10.2. The highest BCUT2D eigenvalue weighted by Crippen LogP contribution is 2.13. The number of hydrogen-bond donors (Lipinski definition) is 0. The number of ether oxygens (including phenoxy) is 2. The molecule has 1 fully saturated rings. The first-order valence-corrected chi connectivity index (χ1v) is 5.57. The maximum absolute atomic E-state index is 11.4. The van der Waals surface area contributed by atoms with E-state index in [1.165, 1.54) is 14.0 Å². The van der Waals surface area contributed by atoms with Crippen LogP contribution in [0.1, 0.15) is 26.2 Å². The molecule has 0 aromatic heterocycles. The summed E-state index contributed by atoms with van der Waals surface area (Å²) in [5.74, 6) is -0.321. The second-order valence-corrected chi connectivity index (χ2v) is 3.93. The molecule has 0 aliphatic carbocycles. The van der Waals surface area contributed by atoms with E-state index in [0.29, 0.717) is 13.1 Å². The van der Waals surface area contributed by atoms with Crippen LogP contribution in [-0.2, 0) is 19.1 Å². The fourth-order valence-electron chi connectivity index (χ4n) is 1.74. The minimum Gasteiger partial charge on any atom is -0.469 e. The number of nitrogens with zero attached hydrogens (tertiary/aromatic N) is 1. The number of carbonyl (C=O) groups excluding carboxylic acids is 2. The molecule has 1 rings (SSSR count). The summed E-state index contributed by atoms with van der Waals surface area (Å²) in [5.41, 5.74) is 0. The summed E-state index contributed by atoms with van der Waals surface area (Å²) in [6.45, 7) is 3.26. The first kappa shape index (κ1) is 13.0. The molecule has 92 valence electrons. The molecule has 1 atom stereocenters. The van der Waals surface area contributed by atoms with E-state index < -0.39 is 0 Å². The number of amides is 1. The van der Waals surface area contributed by atoms with Crippen LogP contribution in [0.25, 0.3) is 0 Å². The molecule has 1 aliphatic rings. The summed E-state index contributed by atoms with van der Waals surface area (Å²) in [7, 11) is 1.35. The van der Waals surface area contributed by atoms with E-state index in [2.05, 4.69) is 4.74 Å². The van der Waals surface area contributed by atoms with Gasteiger partial charge in [0, 0.05) is 26.6 Å². The Morgan fingerprint density at radius 3 is 2.75 bits per heavy atom. The average Bonchev–Trinajstić information content (AvgIpc) is 2.75. The van der Waals surface area contributed by atoms with Gasteiger partial charge in [0.1, 0.15) is 0 Å². The summed E-state index contributed by atoms with van der Waals surface area (Å²) in [6, 6.07) is 0. The van der Waals surface area contributed by atoms with Crippen molar-refractivity contribution in [1.29, 1.82) is 0 Å². The fraction of sp³-hybridized carbons (Fsp3) is 0.818. The van der Waals surface area contributed by atoms with Gasteiger partial charge in [0.15, 0.2) is 0 Å². The van der Waals surface area contributed by atoms with Gasteiger partial charge >= 0.3 is 5.97 Å². The Hall–Kier alpha value is -1.10. The Morgan fingerprint density at radius 2 is 2.25 bits per heavy atom. The largest absolute Gasteiger partial charge is 0.469 e. The number of methoxy groups -OCH3 is 1. The number of hydrogen-bond acceptors (Lipinski definition) is 4. The van der Waals surface area contributed by atoms with Gasteiger partial charge in [-0.25, -0.2) is 0 Å². The smallest absolute Gasteiger partial charge is 0.307 e. The molecule has 0 radical (unpaired) electrons. The molecule has 0 spiro atoms. The van der Waals surface area contributed by atoms with Gasteiger partial charge in [-0.1, -0.05) is 0 Å². The number of carbonyl (C=O) groups is 2. The molecule has 0 bridgehead atoms. The highest BCUT2D eigenvalue weighted by atomic mass is 16.5.